The molecule has 0 aromatic rings. The van der Waals surface area contributed by atoms with E-state index in [0.29, 0.717) is 22.3 Å². The van der Waals surface area contributed by atoms with Gasteiger partial charge in [-0.1, -0.05) is 74.1 Å². The molecule has 0 spiro atoms. The average Bonchev–Trinajstić information content (AvgIpc) is 3.24. The van der Waals surface area contributed by atoms with Gasteiger partial charge < -0.3 is 4.74 Å². The Morgan fingerprint density at radius 1 is 0.643 bits per heavy atom. The zero-order chi connectivity index (χ0) is 20.6. The van der Waals surface area contributed by atoms with Gasteiger partial charge in [0.1, 0.15) is 0 Å². The van der Waals surface area contributed by atoms with Gasteiger partial charge in [0.25, 0.3) is 0 Å². The summed E-state index contributed by atoms with van der Waals surface area (Å²) in [5.74, 6) is 3.55. The van der Waals surface area contributed by atoms with Gasteiger partial charge in [-0.3, -0.25) is 0 Å². The van der Waals surface area contributed by atoms with Crippen molar-refractivity contribution in [1.82, 2.24) is 0 Å². The molecule has 1 saturated heterocycles. The highest BCUT2D eigenvalue weighted by Crippen LogP contribution is 2.50. The number of ether oxygens (including phenoxy) is 1. The van der Waals surface area contributed by atoms with Crippen LogP contribution >= 0.6 is 0 Å². The van der Waals surface area contributed by atoms with Gasteiger partial charge >= 0.3 is 0 Å². The molecule has 164 valence electrons. The van der Waals surface area contributed by atoms with Crippen LogP contribution in [0, 0.1) is 39.9 Å². The summed E-state index contributed by atoms with van der Waals surface area (Å²) >= 11 is 0. The minimum atomic E-state index is 0.432. The molecule has 28 heavy (non-hydrogen) atoms. The van der Waals surface area contributed by atoms with E-state index < -0.39 is 0 Å². The van der Waals surface area contributed by atoms with Crippen molar-refractivity contribution in [2.24, 2.45) is 39.9 Å². The summed E-state index contributed by atoms with van der Waals surface area (Å²) in [7, 11) is 0. The first kappa shape index (κ1) is 22.6. The normalized spacial score (nSPS) is 33.5. The van der Waals surface area contributed by atoms with E-state index in [1.54, 1.807) is 0 Å². The number of hydrogen-bond acceptors (Lipinski definition) is 1. The average molecular weight is 391 g/mol. The maximum atomic E-state index is 6.42. The van der Waals surface area contributed by atoms with Gasteiger partial charge in [-0.15, -0.1) is 0 Å². The molecule has 0 radical (unpaired) electrons. The van der Waals surface area contributed by atoms with Gasteiger partial charge in [-0.25, -0.2) is 0 Å². The summed E-state index contributed by atoms with van der Waals surface area (Å²) < 4.78 is 6.42. The lowest BCUT2D eigenvalue weighted by Crippen LogP contribution is -2.31. The Balaban J connectivity index is 1.49. The first-order valence-corrected chi connectivity index (χ1v) is 12.6. The van der Waals surface area contributed by atoms with E-state index in [4.69, 9.17) is 4.74 Å². The van der Waals surface area contributed by atoms with Gasteiger partial charge in [0.15, 0.2) is 0 Å². The van der Waals surface area contributed by atoms with Crippen molar-refractivity contribution in [3.05, 3.63) is 0 Å². The Kier molecular flexibility index (Phi) is 6.96. The fraction of sp³-hybridized carbons (Fsp3) is 1.00. The van der Waals surface area contributed by atoms with Crippen LogP contribution in [-0.2, 0) is 4.74 Å². The summed E-state index contributed by atoms with van der Waals surface area (Å²) in [6, 6.07) is 0. The molecule has 3 fully saturated rings. The van der Waals surface area contributed by atoms with Crippen LogP contribution in [0.1, 0.15) is 119 Å². The summed E-state index contributed by atoms with van der Waals surface area (Å²) in [6.07, 6.45) is 16.1. The highest BCUT2D eigenvalue weighted by atomic mass is 16.5. The highest BCUT2D eigenvalue weighted by Gasteiger charge is 2.43. The van der Waals surface area contributed by atoms with Crippen molar-refractivity contribution in [2.45, 2.75) is 125 Å². The topological polar surface area (TPSA) is 9.23 Å². The van der Waals surface area contributed by atoms with Crippen LogP contribution in [0.25, 0.3) is 0 Å². The van der Waals surface area contributed by atoms with E-state index in [2.05, 4.69) is 48.5 Å². The molecule has 1 nitrogen and oxygen atoms in total. The zero-order valence-corrected chi connectivity index (χ0v) is 20.3. The predicted octanol–water partition coefficient (Wildman–Crippen LogP) is 8.27. The molecule has 2 saturated carbocycles. The second-order valence-corrected chi connectivity index (χ2v) is 13.4. The molecule has 4 atom stereocenters. The zero-order valence-electron chi connectivity index (χ0n) is 20.3. The van der Waals surface area contributed by atoms with Gasteiger partial charge in [-0.05, 0) is 84.9 Å². The van der Waals surface area contributed by atoms with E-state index in [1.165, 1.54) is 70.6 Å². The van der Waals surface area contributed by atoms with Crippen molar-refractivity contribution in [3.63, 3.8) is 0 Å². The Labute approximate surface area is 176 Å². The quantitative estimate of drug-likeness (QED) is 0.443. The second-order valence-electron chi connectivity index (χ2n) is 13.4. The monoisotopic (exact) mass is 390 g/mol. The van der Waals surface area contributed by atoms with E-state index in [9.17, 15) is 0 Å². The van der Waals surface area contributed by atoms with Crippen molar-refractivity contribution >= 4 is 0 Å². The summed E-state index contributed by atoms with van der Waals surface area (Å²) in [4.78, 5) is 0. The van der Waals surface area contributed by atoms with Crippen LogP contribution in [0.15, 0.2) is 0 Å². The Hall–Kier alpha value is -0.0400. The first-order valence-electron chi connectivity index (χ1n) is 12.6. The Bertz CT molecular complexity index is 491. The lowest BCUT2D eigenvalue weighted by molar-refractivity contribution is 0.0357. The third-order valence-corrected chi connectivity index (χ3v) is 9.23. The molecule has 1 heteroatoms. The molecule has 0 amide bonds. The van der Waals surface area contributed by atoms with E-state index in [0.717, 1.165) is 30.3 Å². The summed E-state index contributed by atoms with van der Waals surface area (Å²) in [6.45, 7) is 18.5. The van der Waals surface area contributed by atoms with Crippen molar-refractivity contribution in [1.29, 1.82) is 0 Å². The molecule has 1 aliphatic heterocycles. The molecule has 3 aliphatic rings. The number of rotatable bonds is 6. The van der Waals surface area contributed by atoms with Crippen LogP contribution in [0.4, 0.5) is 0 Å². The van der Waals surface area contributed by atoms with Gasteiger partial charge in [-0.2, -0.15) is 0 Å². The first-order chi connectivity index (χ1) is 13.0. The van der Waals surface area contributed by atoms with Crippen LogP contribution < -0.4 is 0 Å². The van der Waals surface area contributed by atoms with E-state index in [-0.39, 0.29) is 0 Å². The van der Waals surface area contributed by atoms with Crippen molar-refractivity contribution < 1.29 is 4.74 Å². The molecule has 3 rings (SSSR count). The standard InChI is InChI=1S/C27H50O/c1-25(2,3)22-14-13-20(15-22)17-26(4,5)23-16-24(28-19-23)18-27(6,7)21-11-9-8-10-12-21/h20-24H,8-19H2,1-7H3. The molecule has 0 N–H and O–H groups in total. The molecule has 2 aliphatic carbocycles. The van der Waals surface area contributed by atoms with Gasteiger partial charge in [0.05, 0.1) is 12.7 Å². The largest absolute Gasteiger partial charge is 0.378 e. The second kappa shape index (κ2) is 8.60. The fourth-order valence-corrected chi connectivity index (χ4v) is 6.99. The minimum absolute atomic E-state index is 0.432. The summed E-state index contributed by atoms with van der Waals surface area (Å²) in [5.41, 5.74) is 1.38. The minimum Gasteiger partial charge on any atom is -0.378 e. The maximum absolute atomic E-state index is 6.42. The van der Waals surface area contributed by atoms with E-state index >= 15 is 0 Å². The molecular weight excluding hydrogens is 340 g/mol. The Morgan fingerprint density at radius 2 is 1.29 bits per heavy atom. The molecule has 4 unspecified atom stereocenters. The summed E-state index contributed by atoms with van der Waals surface area (Å²) in [5, 5.41) is 0. The van der Waals surface area contributed by atoms with Crippen molar-refractivity contribution in [2.75, 3.05) is 6.61 Å². The predicted molar refractivity (Wildman–Crippen MR) is 122 cm³/mol. The van der Waals surface area contributed by atoms with Crippen LogP contribution in [0.5, 0.6) is 0 Å². The SMILES string of the molecule is CC(C)(C)C1CCC(CC(C)(C)C2COC(CC(C)(C)C3CCCCC3)C2)C1. The lowest BCUT2D eigenvalue weighted by Gasteiger charge is -2.39. The highest BCUT2D eigenvalue weighted by molar-refractivity contribution is 4.92. The molecule has 0 bridgehead atoms. The van der Waals surface area contributed by atoms with Crippen molar-refractivity contribution in [3.8, 4) is 0 Å². The number of hydrogen-bond donors (Lipinski definition) is 0. The third-order valence-electron chi connectivity index (χ3n) is 9.23. The smallest absolute Gasteiger partial charge is 0.0584 e. The van der Waals surface area contributed by atoms with Crippen LogP contribution in [-0.4, -0.2) is 12.7 Å². The molecule has 0 aromatic heterocycles. The molecule has 0 aromatic carbocycles. The van der Waals surface area contributed by atoms with E-state index in [1.807, 2.05) is 0 Å². The molecular formula is C27H50O. The van der Waals surface area contributed by atoms with Gasteiger partial charge in [0, 0.05) is 0 Å². The fourth-order valence-electron chi connectivity index (χ4n) is 6.99. The maximum Gasteiger partial charge on any atom is 0.0584 e. The molecule has 1 heterocycles. The Morgan fingerprint density at radius 3 is 1.89 bits per heavy atom. The van der Waals surface area contributed by atoms with Crippen LogP contribution in [0.3, 0.4) is 0 Å². The van der Waals surface area contributed by atoms with Gasteiger partial charge in [0.2, 0.25) is 0 Å². The lowest BCUT2D eigenvalue weighted by atomic mass is 9.67. The van der Waals surface area contributed by atoms with Crippen LogP contribution in [0.2, 0.25) is 0 Å². The third kappa shape index (κ3) is 5.55.